The van der Waals surface area contributed by atoms with Gasteiger partial charge in [0.05, 0.1) is 11.1 Å². The Morgan fingerprint density at radius 2 is 2.00 bits per heavy atom. The van der Waals surface area contributed by atoms with Gasteiger partial charge in [0, 0.05) is 17.3 Å². The molecule has 0 atom stereocenters. The molecule has 0 spiro atoms. The molecule has 6 heteroatoms. The first-order valence-electron chi connectivity index (χ1n) is 9.24. The normalized spacial score (nSPS) is 13.7. The summed E-state index contributed by atoms with van der Waals surface area (Å²) in [5, 5.41) is 12.1. The molecule has 0 aliphatic heterocycles. The minimum Gasteiger partial charge on any atom is -0.290 e. The molecule has 5 rings (SSSR count). The molecule has 0 saturated heterocycles. The number of fused-ring (bicyclic) bond motifs is 3. The predicted molar refractivity (Wildman–Crippen MR) is 104 cm³/mol. The van der Waals surface area contributed by atoms with Crippen molar-refractivity contribution in [1.82, 2.24) is 19.6 Å². The van der Waals surface area contributed by atoms with Gasteiger partial charge < -0.3 is 0 Å². The van der Waals surface area contributed by atoms with Crippen molar-refractivity contribution in [2.24, 2.45) is 0 Å². The third-order valence-electron chi connectivity index (χ3n) is 5.18. The number of aromatic nitrogens is 4. The lowest BCUT2D eigenvalue weighted by Crippen LogP contribution is -2.20. The van der Waals surface area contributed by atoms with E-state index in [1.807, 2.05) is 49.5 Å². The highest BCUT2D eigenvalue weighted by Crippen LogP contribution is 2.30. The molecule has 1 aliphatic rings. The maximum atomic E-state index is 13.3. The number of amides is 1. The van der Waals surface area contributed by atoms with Gasteiger partial charge in [-0.25, -0.2) is 0 Å². The van der Waals surface area contributed by atoms with Crippen molar-refractivity contribution in [1.29, 1.82) is 0 Å². The average Bonchev–Trinajstić information content (AvgIpc) is 3.09. The summed E-state index contributed by atoms with van der Waals surface area (Å²) in [6.07, 6.45) is 5.85. The summed E-state index contributed by atoms with van der Waals surface area (Å²) in [7, 11) is 0. The topological polar surface area (TPSA) is 72.2 Å². The molecule has 1 amide bonds. The van der Waals surface area contributed by atoms with Gasteiger partial charge in [0.2, 0.25) is 5.95 Å². The first-order chi connectivity index (χ1) is 13.2. The van der Waals surface area contributed by atoms with Gasteiger partial charge in [0.15, 0.2) is 5.65 Å². The fourth-order valence-corrected chi connectivity index (χ4v) is 3.89. The van der Waals surface area contributed by atoms with Gasteiger partial charge in [-0.05, 0) is 62.4 Å². The SMILES string of the molecule is Cc1ccc2nc3c(c(C(=O)Nc4nnc5ccccn45)c2c1)CCCC3. The molecule has 134 valence electrons. The molecule has 1 aliphatic carbocycles. The highest BCUT2D eigenvalue weighted by Gasteiger charge is 2.23. The largest absolute Gasteiger partial charge is 0.290 e. The van der Waals surface area contributed by atoms with Crippen LogP contribution in [0.5, 0.6) is 0 Å². The first-order valence-corrected chi connectivity index (χ1v) is 9.24. The molecule has 6 nitrogen and oxygen atoms in total. The van der Waals surface area contributed by atoms with E-state index >= 15 is 0 Å². The van der Waals surface area contributed by atoms with Crippen LogP contribution in [0.3, 0.4) is 0 Å². The number of nitrogens with one attached hydrogen (secondary N) is 1. The van der Waals surface area contributed by atoms with Gasteiger partial charge in [-0.3, -0.25) is 19.5 Å². The minimum absolute atomic E-state index is 0.149. The molecular formula is C21H19N5O. The molecule has 3 heterocycles. The highest BCUT2D eigenvalue weighted by molar-refractivity contribution is 6.13. The van der Waals surface area contributed by atoms with Crippen LogP contribution < -0.4 is 5.32 Å². The number of carbonyl (C=O) groups is 1. The summed E-state index contributed by atoms with van der Waals surface area (Å²) in [4.78, 5) is 18.2. The van der Waals surface area contributed by atoms with Crippen LogP contribution >= 0.6 is 0 Å². The van der Waals surface area contributed by atoms with Crippen LogP contribution in [0, 0.1) is 6.92 Å². The molecule has 4 aromatic rings. The number of pyridine rings is 2. The van der Waals surface area contributed by atoms with E-state index in [9.17, 15) is 4.79 Å². The van der Waals surface area contributed by atoms with Gasteiger partial charge in [-0.1, -0.05) is 17.7 Å². The van der Waals surface area contributed by atoms with Crippen molar-refractivity contribution in [3.63, 3.8) is 0 Å². The van der Waals surface area contributed by atoms with Crippen molar-refractivity contribution < 1.29 is 4.79 Å². The van der Waals surface area contributed by atoms with Crippen LogP contribution in [-0.2, 0) is 12.8 Å². The van der Waals surface area contributed by atoms with E-state index in [4.69, 9.17) is 4.98 Å². The van der Waals surface area contributed by atoms with Crippen LogP contribution in [0.25, 0.3) is 16.6 Å². The Hall–Kier alpha value is -3.28. The smallest absolute Gasteiger partial charge is 0.259 e. The number of nitrogens with zero attached hydrogens (tertiary/aromatic N) is 4. The minimum atomic E-state index is -0.149. The number of aryl methyl sites for hydroxylation is 2. The number of benzene rings is 1. The number of carbonyl (C=O) groups excluding carboxylic acids is 1. The van der Waals surface area contributed by atoms with Gasteiger partial charge >= 0.3 is 0 Å². The Kier molecular flexibility index (Phi) is 3.63. The van der Waals surface area contributed by atoms with E-state index < -0.39 is 0 Å². The number of hydrogen-bond donors (Lipinski definition) is 1. The first kappa shape index (κ1) is 15.9. The Morgan fingerprint density at radius 1 is 1.11 bits per heavy atom. The molecule has 0 fully saturated rings. The number of hydrogen-bond acceptors (Lipinski definition) is 4. The quantitative estimate of drug-likeness (QED) is 0.593. The summed E-state index contributed by atoms with van der Waals surface area (Å²) in [5.74, 6) is 0.280. The van der Waals surface area contributed by atoms with E-state index in [2.05, 4.69) is 15.5 Å². The summed E-state index contributed by atoms with van der Waals surface area (Å²) >= 11 is 0. The molecule has 0 bridgehead atoms. The summed E-state index contributed by atoms with van der Waals surface area (Å²) in [6.45, 7) is 2.03. The Labute approximate surface area is 156 Å². The Bertz CT molecular complexity index is 1190. The summed E-state index contributed by atoms with van der Waals surface area (Å²) < 4.78 is 1.78. The molecule has 0 saturated carbocycles. The molecule has 0 unspecified atom stereocenters. The molecule has 3 aromatic heterocycles. The van der Waals surface area contributed by atoms with Crippen LogP contribution in [0.2, 0.25) is 0 Å². The van der Waals surface area contributed by atoms with Gasteiger partial charge in [-0.2, -0.15) is 0 Å². The van der Waals surface area contributed by atoms with E-state index in [1.165, 1.54) is 0 Å². The van der Waals surface area contributed by atoms with Gasteiger partial charge in [0.25, 0.3) is 5.91 Å². The number of anilines is 1. The van der Waals surface area contributed by atoms with E-state index in [1.54, 1.807) is 4.40 Å². The lowest BCUT2D eigenvalue weighted by atomic mass is 9.89. The van der Waals surface area contributed by atoms with Gasteiger partial charge in [0.1, 0.15) is 0 Å². The molecule has 27 heavy (non-hydrogen) atoms. The third kappa shape index (κ3) is 2.65. The van der Waals surface area contributed by atoms with Crippen molar-refractivity contribution in [3.8, 4) is 0 Å². The summed E-state index contributed by atoms with van der Waals surface area (Å²) in [6, 6.07) is 11.7. The highest BCUT2D eigenvalue weighted by atomic mass is 16.1. The summed E-state index contributed by atoms with van der Waals surface area (Å²) in [5.41, 5.74) is 5.54. The third-order valence-corrected chi connectivity index (χ3v) is 5.18. The maximum absolute atomic E-state index is 13.3. The predicted octanol–water partition coefficient (Wildman–Crippen LogP) is 3.72. The zero-order chi connectivity index (χ0) is 18.4. The second-order valence-electron chi connectivity index (χ2n) is 7.05. The molecule has 1 N–H and O–H groups in total. The monoisotopic (exact) mass is 357 g/mol. The maximum Gasteiger partial charge on any atom is 0.259 e. The Balaban J connectivity index is 1.66. The second kappa shape index (κ2) is 6.16. The molecule has 0 radical (unpaired) electrons. The van der Waals surface area contributed by atoms with Crippen molar-refractivity contribution in [3.05, 3.63) is 65.0 Å². The van der Waals surface area contributed by atoms with Gasteiger partial charge in [-0.15, -0.1) is 10.2 Å². The lowest BCUT2D eigenvalue weighted by Gasteiger charge is -2.20. The second-order valence-corrected chi connectivity index (χ2v) is 7.05. The van der Waals surface area contributed by atoms with Crippen LogP contribution in [-0.4, -0.2) is 25.5 Å². The number of rotatable bonds is 2. The lowest BCUT2D eigenvalue weighted by molar-refractivity contribution is 0.102. The molecule has 1 aromatic carbocycles. The zero-order valence-corrected chi connectivity index (χ0v) is 15.1. The van der Waals surface area contributed by atoms with E-state index in [-0.39, 0.29) is 5.91 Å². The fraction of sp³-hybridized carbons (Fsp3) is 0.238. The van der Waals surface area contributed by atoms with Crippen molar-refractivity contribution in [2.75, 3.05) is 5.32 Å². The van der Waals surface area contributed by atoms with Crippen molar-refractivity contribution >= 4 is 28.4 Å². The van der Waals surface area contributed by atoms with Crippen LogP contribution in [0.1, 0.15) is 40.0 Å². The fourth-order valence-electron chi connectivity index (χ4n) is 3.89. The average molecular weight is 357 g/mol. The Morgan fingerprint density at radius 3 is 2.93 bits per heavy atom. The van der Waals surface area contributed by atoms with Crippen LogP contribution in [0.15, 0.2) is 42.6 Å². The van der Waals surface area contributed by atoms with Crippen molar-refractivity contribution in [2.45, 2.75) is 32.6 Å². The van der Waals surface area contributed by atoms with Crippen LogP contribution in [0.4, 0.5) is 5.95 Å². The van der Waals surface area contributed by atoms with E-state index in [0.717, 1.165) is 59.0 Å². The zero-order valence-electron chi connectivity index (χ0n) is 15.1. The molecular weight excluding hydrogens is 338 g/mol. The van der Waals surface area contributed by atoms with E-state index in [0.29, 0.717) is 11.6 Å². The standard InChI is InChI=1S/C21H19N5O/c1-13-9-10-17-15(12-13)19(14-6-2-3-7-16(14)22-17)20(27)23-21-25-24-18-8-4-5-11-26(18)21/h4-5,8-12H,2-3,6-7H2,1H3,(H,23,25,27).